The molecule has 1 saturated heterocycles. The Balaban J connectivity index is 1.70. The van der Waals surface area contributed by atoms with Gasteiger partial charge in [0, 0.05) is 21.9 Å². The van der Waals surface area contributed by atoms with E-state index in [4.69, 9.17) is 0 Å². The Kier molecular flexibility index (Phi) is 2.74. The van der Waals surface area contributed by atoms with Crippen molar-refractivity contribution in [3.63, 3.8) is 0 Å². The SMILES string of the molecule is C=CC12CC[C@]3(C)C(=C)CC[C@]34N[C@@]14CC[C@@]1(C)CC(=C)CC[C@]21C. The lowest BCUT2D eigenvalue weighted by atomic mass is 9.34. The summed E-state index contributed by atoms with van der Waals surface area (Å²) in [7, 11) is 0. The zero-order valence-corrected chi connectivity index (χ0v) is 16.6. The third-order valence-corrected chi connectivity index (χ3v) is 10.7. The Morgan fingerprint density at radius 1 is 0.880 bits per heavy atom. The van der Waals surface area contributed by atoms with E-state index in [1.54, 1.807) is 0 Å². The number of hydrogen-bond donors (Lipinski definition) is 1. The van der Waals surface area contributed by atoms with Crippen molar-refractivity contribution in [1.82, 2.24) is 5.32 Å². The highest BCUT2D eigenvalue weighted by Gasteiger charge is 2.88. The molecule has 0 aromatic rings. The number of fused-ring (bicyclic) bond motifs is 2. The predicted octanol–water partition coefficient (Wildman–Crippen LogP) is 5.94. The average molecular weight is 338 g/mol. The zero-order chi connectivity index (χ0) is 17.9. The largest absolute Gasteiger partial charge is 0.301 e. The summed E-state index contributed by atoms with van der Waals surface area (Å²) in [4.78, 5) is 0. The maximum atomic E-state index is 4.51. The van der Waals surface area contributed by atoms with Crippen molar-refractivity contribution in [3.8, 4) is 0 Å². The third kappa shape index (κ3) is 1.34. The molecule has 5 aliphatic rings. The summed E-state index contributed by atoms with van der Waals surface area (Å²) < 4.78 is 0. The van der Waals surface area contributed by atoms with E-state index in [0.717, 1.165) is 0 Å². The van der Waals surface area contributed by atoms with Crippen molar-refractivity contribution in [2.75, 3.05) is 0 Å². The fourth-order valence-electron chi connectivity index (χ4n) is 8.85. The van der Waals surface area contributed by atoms with Crippen LogP contribution in [0.15, 0.2) is 37.0 Å². The first-order valence-electron chi connectivity index (χ1n) is 10.4. The minimum atomic E-state index is 0.220. The van der Waals surface area contributed by atoms with Crippen LogP contribution in [-0.4, -0.2) is 11.1 Å². The first-order chi connectivity index (χ1) is 11.7. The summed E-state index contributed by atoms with van der Waals surface area (Å²) in [5.74, 6) is 0. The average Bonchev–Trinajstić information content (AvgIpc) is 3.19. The lowest BCUT2D eigenvalue weighted by molar-refractivity contribution is -0.146. The maximum Gasteiger partial charge on any atom is 0.0475 e. The third-order valence-electron chi connectivity index (χ3n) is 10.7. The van der Waals surface area contributed by atoms with Crippen molar-refractivity contribution >= 4 is 0 Å². The van der Waals surface area contributed by atoms with E-state index < -0.39 is 0 Å². The van der Waals surface area contributed by atoms with Crippen LogP contribution in [0.1, 0.15) is 78.6 Å². The van der Waals surface area contributed by atoms with E-state index in [1.165, 1.54) is 68.9 Å². The van der Waals surface area contributed by atoms with Crippen LogP contribution >= 0.6 is 0 Å². The van der Waals surface area contributed by atoms with Gasteiger partial charge in [-0.2, -0.15) is 0 Å². The summed E-state index contributed by atoms with van der Waals surface area (Å²) in [6, 6.07) is 0. The van der Waals surface area contributed by atoms with E-state index in [1.807, 2.05) is 0 Å². The van der Waals surface area contributed by atoms with Crippen molar-refractivity contribution in [1.29, 1.82) is 0 Å². The number of nitrogens with one attached hydrogen (secondary N) is 1. The standard InChI is InChI=1S/C24H35N/c1-7-22-14-13-20(5)18(3)9-11-23(20)24(22,25-23)15-12-19(4)16-17(2)8-10-21(19,22)6/h7,25H,1-3,8-16H2,4-6H3/t19-,20+,21-,22?,23-,24-/m0/s1. The molecule has 0 bridgehead atoms. The summed E-state index contributed by atoms with van der Waals surface area (Å²) in [6.45, 7) is 21.1. The molecule has 0 amide bonds. The molecule has 2 spiro atoms. The summed E-state index contributed by atoms with van der Waals surface area (Å²) in [5.41, 5.74) is 4.75. The fraction of sp³-hybridized carbons (Fsp3) is 0.750. The van der Waals surface area contributed by atoms with Crippen LogP contribution in [0.25, 0.3) is 0 Å². The molecule has 5 fully saturated rings. The van der Waals surface area contributed by atoms with Gasteiger partial charge in [0.1, 0.15) is 0 Å². The lowest BCUT2D eigenvalue weighted by Gasteiger charge is -2.69. The Morgan fingerprint density at radius 3 is 2.36 bits per heavy atom. The van der Waals surface area contributed by atoms with Gasteiger partial charge in [-0.05, 0) is 68.6 Å². The minimum Gasteiger partial charge on any atom is -0.301 e. The highest BCUT2D eigenvalue weighted by atomic mass is 15.3. The molecule has 1 heteroatoms. The molecule has 1 aliphatic heterocycles. The van der Waals surface area contributed by atoms with Crippen molar-refractivity contribution in [2.45, 2.75) is 89.6 Å². The Morgan fingerprint density at radius 2 is 1.64 bits per heavy atom. The second-order valence-corrected chi connectivity index (χ2v) is 10.9. The van der Waals surface area contributed by atoms with Gasteiger partial charge in [0.2, 0.25) is 0 Å². The summed E-state index contributed by atoms with van der Waals surface area (Å²) in [5, 5.41) is 4.22. The molecule has 5 rings (SSSR count). The highest BCUT2D eigenvalue weighted by molar-refractivity contribution is 5.51. The van der Waals surface area contributed by atoms with Gasteiger partial charge >= 0.3 is 0 Å². The number of hydrogen-bond acceptors (Lipinski definition) is 1. The molecule has 0 radical (unpaired) electrons. The highest BCUT2D eigenvalue weighted by Crippen LogP contribution is 2.83. The zero-order valence-electron chi connectivity index (χ0n) is 16.6. The Hall–Kier alpha value is -0.820. The van der Waals surface area contributed by atoms with E-state index in [0.29, 0.717) is 21.8 Å². The molecule has 4 aliphatic carbocycles. The van der Waals surface area contributed by atoms with Crippen molar-refractivity contribution < 1.29 is 0 Å². The van der Waals surface area contributed by atoms with E-state index in [-0.39, 0.29) is 11.0 Å². The fourth-order valence-corrected chi connectivity index (χ4v) is 8.85. The van der Waals surface area contributed by atoms with Crippen LogP contribution < -0.4 is 5.32 Å². The molecule has 1 unspecified atom stereocenters. The first-order valence-corrected chi connectivity index (χ1v) is 10.4. The van der Waals surface area contributed by atoms with Gasteiger partial charge in [0.25, 0.3) is 0 Å². The van der Waals surface area contributed by atoms with Gasteiger partial charge in [-0.25, -0.2) is 0 Å². The van der Waals surface area contributed by atoms with E-state index in [9.17, 15) is 0 Å². The number of allylic oxidation sites excluding steroid dienone is 1. The molecule has 1 nitrogen and oxygen atoms in total. The molecule has 25 heavy (non-hydrogen) atoms. The molecule has 1 N–H and O–H groups in total. The Bertz CT molecular complexity index is 720. The van der Waals surface area contributed by atoms with Gasteiger partial charge in [0.15, 0.2) is 0 Å². The Labute approximate surface area is 154 Å². The van der Waals surface area contributed by atoms with Crippen molar-refractivity contribution in [3.05, 3.63) is 37.0 Å². The van der Waals surface area contributed by atoms with Gasteiger partial charge in [0.05, 0.1) is 0 Å². The van der Waals surface area contributed by atoms with Gasteiger partial charge < -0.3 is 5.32 Å². The van der Waals surface area contributed by atoms with Crippen LogP contribution in [0.3, 0.4) is 0 Å². The van der Waals surface area contributed by atoms with E-state index >= 15 is 0 Å². The molecule has 0 aromatic carbocycles. The lowest BCUT2D eigenvalue weighted by Crippen LogP contribution is -2.67. The first kappa shape index (κ1) is 16.4. The predicted molar refractivity (Wildman–Crippen MR) is 105 cm³/mol. The molecular weight excluding hydrogens is 302 g/mol. The monoisotopic (exact) mass is 337 g/mol. The smallest absolute Gasteiger partial charge is 0.0475 e. The van der Waals surface area contributed by atoms with E-state index in [2.05, 4.69) is 51.9 Å². The van der Waals surface area contributed by atoms with Gasteiger partial charge in [-0.15, -0.1) is 6.58 Å². The van der Waals surface area contributed by atoms with Gasteiger partial charge in [-0.3, -0.25) is 0 Å². The molecule has 136 valence electrons. The molecule has 1 heterocycles. The van der Waals surface area contributed by atoms with Crippen LogP contribution in [0, 0.1) is 21.7 Å². The van der Waals surface area contributed by atoms with Crippen LogP contribution in [0.5, 0.6) is 0 Å². The van der Waals surface area contributed by atoms with Crippen LogP contribution in [0.4, 0.5) is 0 Å². The molecule has 4 saturated carbocycles. The normalized spacial score (nSPS) is 59.5. The summed E-state index contributed by atoms with van der Waals surface area (Å²) in [6.07, 6.45) is 13.8. The van der Waals surface area contributed by atoms with Gasteiger partial charge in [-0.1, -0.05) is 51.2 Å². The van der Waals surface area contributed by atoms with Crippen molar-refractivity contribution in [2.24, 2.45) is 21.7 Å². The maximum absolute atomic E-state index is 4.51. The molecule has 0 aromatic heterocycles. The molecular formula is C24H35N. The van der Waals surface area contributed by atoms with Crippen LogP contribution in [0.2, 0.25) is 0 Å². The number of rotatable bonds is 1. The minimum absolute atomic E-state index is 0.220. The summed E-state index contributed by atoms with van der Waals surface area (Å²) >= 11 is 0. The molecule has 6 atom stereocenters. The quantitative estimate of drug-likeness (QED) is 0.464. The second kappa shape index (κ2) is 4.19. The topological polar surface area (TPSA) is 21.9 Å². The van der Waals surface area contributed by atoms with Crippen LogP contribution in [-0.2, 0) is 0 Å². The second-order valence-electron chi connectivity index (χ2n) is 10.9.